The van der Waals surface area contributed by atoms with E-state index in [1.165, 1.54) is 10.9 Å². The van der Waals surface area contributed by atoms with E-state index in [1.54, 1.807) is 11.7 Å². The zero-order chi connectivity index (χ0) is 13.3. The number of nitrogens with zero attached hydrogens (tertiary/aromatic N) is 4. The van der Waals surface area contributed by atoms with E-state index in [2.05, 4.69) is 10.1 Å². The van der Waals surface area contributed by atoms with Crippen LogP contribution in [0, 0.1) is 0 Å². The molecular weight excluding hydrogens is 232 g/mol. The lowest BCUT2D eigenvalue weighted by Gasteiger charge is -2.09. The Balaban J connectivity index is 2.57. The van der Waals surface area contributed by atoms with Gasteiger partial charge in [-0.05, 0) is 12.8 Å². The lowest BCUT2D eigenvalue weighted by molar-refractivity contribution is 0.148. The number of hydrogen-bond acceptors (Lipinski definition) is 4. The van der Waals surface area contributed by atoms with Gasteiger partial charge >= 0.3 is 0 Å². The van der Waals surface area contributed by atoms with E-state index < -0.39 is 6.10 Å². The predicted molar refractivity (Wildman–Crippen MR) is 68.4 cm³/mol. The highest BCUT2D eigenvalue weighted by Crippen LogP contribution is 2.11. The Morgan fingerprint density at radius 1 is 1.44 bits per heavy atom. The minimum absolute atomic E-state index is 0.151. The monoisotopic (exact) mass is 250 g/mol. The average Bonchev–Trinajstić information content (AvgIpc) is 2.69. The third kappa shape index (κ3) is 2.03. The summed E-state index contributed by atoms with van der Waals surface area (Å²) in [5, 5.41) is 13.9. The number of aromatic nitrogens is 4. The normalized spacial score (nSPS) is 13.1. The molecule has 1 atom stereocenters. The van der Waals surface area contributed by atoms with Crippen LogP contribution in [0.2, 0.25) is 0 Å². The Bertz CT molecular complexity index is 614. The molecule has 1 unspecified atom stereocenters. The Kier molecular flexibility index (Phi) is 3.47. The van der Waals surface area contributed by atoms with Crippen LogP contribution in [0.1, 0.15) is 26.0 Å². The van der Waals surface area contributed by atoms with Crippen LogP contribution in [0.5, 0.6) is 0 Å². The highest BCUT2D eigenvalue weighted by Gasteiger charge is 2.14. The molecule has 0 saturated carbocycles. The summed E-state index contributed by atoms with van der Waals surface area (Å²) in [6, 6.07) is 0. The van der Waals surface area contributed by atoms with E-state index in [-0.39, 0.29) is 12.1 Å². The smallest absolute Gasteiger partial charge is 0.279 e. The zero-order valence-corrected chi connectivity index (χ0v) is 10.9. The van der Waals surface area contributed by atoms with Crippen LogP contribution >= 0.6 is 0 Å². The number of aliphatic hydroxyl groups is 1. The van der Waals surface area contributed by atoms with Gasteiger partial charge in [-0.25, -0.2) is 4.98 Å². The lowest BCUT2D eigenvalue weighted by Crippen LogP contribution is -2.27. The van der Waals surface area contributed by atoms with Crippen molar-refractivity contribution in [2.24, 2.45) is 7.05 Å². The molecule has 0 bridgehead atoms. The third-order valence-electron chi connectivity index (χ3n) is 3.10. The molecule has 6 heteroatoms. The van der Waals surface area contributed by atoms with Crippen LogP contribution in [0.25, 0.3) is 11.0 Å². The summed E-state index contributed by atoms with van der Waals surface area (Å²) < 4.78 is 3.01. The molecule has 0 aliphatic carbocycles. The first-order valence-electron chi connectivity index (χ1n) is 6.17. The number of aryl methyl sites for hydroxylation is 2. The van der Waals surface area contributed by atoms with Crippen molar-refractivity contribution in [2.45, 2.75) is 39.3 Å². The Labute approximate surface area is 105 Å². The summed E-state index contributed by atoms with van der Waals surface area (Å²) in [4.78, 5) is 16.6. The van der Waals surface area contributed by atoms with Gasteiger partial charge in [0.1, 0.15) is 5.52 Å². The molecular formula is C12H18N4O2. The van der Waals surface area contributed by atoms with Gasteiger partial charge in [0.05, 0.1) is 24.7 Å². The number of fused-ring (bicyclic) bond motifs is 1. The van der Waals surface area contributed by atoms with Crippen molar-refractivity contribution < 1.29 is 5.11 Å². The molecule has 2 aromatic rings. The Hall–Kier alpha value is -1.69. The van der Waals surface area contributed by atoms with Crippen molar-refractivity contribution >= 4 is 11.0 Å². The largest absolute Gasteiger partial charge is 0.391 e. The second-order valence-corrected chi connectivity index (χ2v) is 4.39. The summed E-state index contributed by atoms with van der Waals surface area (Å²) in [6.45, 7) is 4.13. The minimum atomic E-state index is -0.527. The first-order valence-corrected chi connectivity index (χ1v) is 6.17. The number of aliphatic hydroxyl groups excluding tert-OH is 1. The SMILES string of the molecule is CCc1nn(C)c2c(=O)n(CC(O)CC)cnc12. The van der Waals surface area contributed by atoms with Gasteiger partial charge in [0.25, 0.3) is 5.56 Å². The minimum Gasteiger partial charge on any atom is -0.391 e. The van der Waals surface area contributed by atoms with E-state index in [4.69, 9.17) is 0 Å². The molecule has 98 valence electrons. The highest BCUT2D eigenvalue weighted by atomic mass is 16.3. The van der Waals surface area contributed by atoms with Crippen LogP contribution in [0.3, 0.4) is 0 Å². The molecule has 2 heterocycles. The second kappa shape index (κ2) is 4.89. The van der Waals surface area contributed by atoms with E-state index in [0.29, 0.717) is 17.5 Å². The first kappa shape index (κ1) is 12.8. The molecule has 0 aliphatic heterocycles. The van der Waals surface area contributed by atoms with Crippen molar-refractivity contribution in [1.82, 2.24) is 19.3 Å². The van der Waals surface area contributed by atoms with Crippen molar-refractivity contribution in [3.05, 3.63) is 22.4 Å². The number of hydrogen-bond donors (Lipinski definition) is 1. The number of rotatable bonds is 4. The predicted octanol–water partition coefficient (Wildman–Crippen LogP) is 0.463. The van der Waals surface area contributed by atoms with Gasteiger partial charge in [-0.3, -0.25) is 14.0 Å². The molecule has 0 saturated heterocycles. The van der Waals surface area contributed by atoms with Crippen LogP contribution in [0.15, 0.2) is 11.1 Å². The molecule has 0 fully saturated rings. The molecule has 2 rings (SSSR count). The molecule has 1 N–H and O–H groups in total. The molecule has 0 radical (unpaired) electrons. The summed E-state index contributed by atoms with van der Waals surface area (Å²) in [7, 11) is 1.74. The van der Waals surface area contributed by atoms with Crippen molar-refractivity contribution in [3.8, 4) is 0 Å². The van der Waals surface area contributed by atoms with Gasteiger partial charge in [-0.1, -0.05) is 13.8 Å². The summed E-state index contributed by atoms with van der Waals surface area (Å²) in [6.07, 6.45) is 2.31. The maximum absolute atomic E-state index is 12.3. The highest BCUT2D eigenvalue weighted by molar-refractivity contribution is 5.76. The van der Waals surface area contributed by atoms with E-state index in [1.807, 2.05) is 13.8 Å². The lowest BCUT2D eigenvalue weighted by atomic mass is 10.2. The molecule has 18 heavy (non-hydrogen) atoms. The Morgan fingerprint density at radius 2 is 2.17 bits per heavy atom. The van der Waals surface area contributed by atoms with Gasteiger partial charge in [0.2, 0.25) is 0 Å². The van der Waals surface area contributed by atoms with Crippen LogP contribution < -0.4 is 5.56 Å². The zero-order valence-electron chi connectivity index (χ0n) is 10.9. The van der Waals surface area contributed by atoms with Gasteiger partial charge < -0.3 is 5.11 Å². The summed E-state index contributed by atoms with van der Waals surface area (Å²) >= 11 is 0. The quantitative estimate of drug-likeness (QED) is 0.855. The van der Waals surface area contributed by atoms with E-state index in [0.717, 1.165) is 12.1 Å². The fraction of sp³-hybridized carbons (Fsp3) is 0.583. The molecule has 6 nitrogen and oxygen atoms in total. The first-order chi connectivity index (χ1) is 8.58. The maximum Gasteiger partial charge on any atom is 0.279 e. The molecule has 0 spiro atoms. The molecule has 0 aliphatic rings. The maximum atomic E-state index is 12.3. The third-order valence-corrected chi connectivity index (χ3v) is 3.10. The topological polar surface area (TPSA) is 72.9 Å². The molecule has 0 aromatic carbocycles. The van der Waals surface area contributed by atoms with Gasteiger partial charge in [-0.15, -0.1) is 0 Å². The van der Waals surface area contributed by atoms with Gasteiger partial charge in [0, 0.05) is 7.05 Å². The van der Waals surface area contributed by atoms with E-state index >= 15 is 0 Å². The van der Waals surface area contributed by atoms with E-state index in [9.17, 15) is 9.90 Å². The summed E-state index contributed by atoms with van der Waals surface area (Å²) in [5.74, 6) is 0. The van der Waals surface area contributed by atoms with Crippen LogP contribution in [-0.2, 0) is 20.0 Å². The summed E-state index contributed by atoms with van der Waals surface area (Å²) in [5.41, 5.74) is 1.83. The average molecular weight is 250 g/mol. The van der Waals surface area contributed by atoms with Crippen molar-refractivity contribution in [1.29, 1.82) is 0 Å². The van der Waals surface area contributed by atoms with Crippen LogP contribution in [0.4, 0.5) is 0 Å². The second-order valence-electron chi connectivity index (χ2n) is 4.39. The fourth-order valence-electron chi connectivity index (χ4n) is 1.98. The molecule has 2 aromatic heterocycles. The van der Waals surface area contributed by atoms with Crippen LogP contribution in [-0.4, -0.2) is 30.5 Å². The van der Waals surface area contributed by atoms with Crippen molar-refractivity contribution in [3.63, 3.8) is 0 Å². The fourth-order valence-corrected chi connectivity index (χ4v) is 1.98. The van der Waals surface area contributed by atoms with Gasteiger partial charge in [-0.2, -0.15) is 5.10 Å². The van der Waals surface area contributed by atoms with Crippen molar-refractivity contribution in [2.75, 3.05) is 0 Å². The van der Waals surface area contributed by atoms with Gasteiger partial charge in [0.15, 0.2) is 5.52 Å². The Morgan fingerprint density at radius 3 is 2.78 bits per heavy atom. The molecule has 0 amide bonds. The standard InChI is InChI=1S/C12H18N4O2/c1-4-8(17)6-16-7-13-10-9(5-2)14-15(3)11(10)12(16)18/h7-8,17H,4-6H2,1-3H3.